The van der Waals surface area contributed by atoms with Gasteiger partial charge in [-0.2, -0.15) is 0 Å². The first kappa shape index (κ1) is 14.8. The van der Waals surface area contributed by atoms with Crippen molar-refractivity contribution >= 4 is 22.5 Å². The van der Waals surface area contributed by atoms with Gasteiger partial charge in [0.25, 0.3) is 0 Å². The number of aromatic nitrogens is 1. The maximum atomic E-state index is 6.21. The van der Waals surface area contributed by atoms with Crippen molar-refractivity contribution in [1.29, 1.82) is 0 Å². The zero-order chi connectivity index (χ0) is 14.7. The molecule has 1 aromatic carbocycles. The molecule has 21 heavy (non-hydrogen) atoms. The fourth-order valence-corrected chi connectivity index (χ4v) is 3.71. The van der Waals surface area contributed by atoms with Crippen molar-refractivity contribution in [3.63, 3.8) is 0 Å². The van der Waals surface area contributed by atoms with E-state index in [2.05, 4.69) is 47.1 Å². The smallest absolute Gasteiger partial charge is 0.0708 e. The van der Waals surface area contributed by atoms with Gasteiger partial charge in [0.05, 0.1) is 5.52 Å². The molecule has 0 N–H and O–H groups in total. The van der Waals surface area contributed by atoms with Gasteiger partial charge in [0.1, 0.15) is 0 Å². The van der Waals surface area contributed by atoms with Crippen molar-refractivity contribution in [3.8, 4) is 0 Å². The minimum atomic E-state index is 0.515. The number of alkyl halides is 1. The van der Waals surface area contributed by atoms with Crippen LogP contribution in [0.3, 0.4) is 0 Å². The number of fused-ring (bicyclic) bond motifs is 1. The van der Waals surface area contributed by atoms with E-state index in [1.54, 1.807) is 0 Å². The molecule has 1 aliphatic heterocycles. The summed E-state index contributed by atoms with van der Waals surface area (Å²) in [5, 5.41) is 1.28. The van der Waals surface area contributed by atoms with E-state index < -0.39 is 0 Å². The van der Waals surface area contributed by atoms with Crippen LogP contribution in [0.25, 0.3) is 10.9 Å². The van der Waals surface area contributed by atoms with Crippen LogP contribution in [0.2, 0.25) is 0 Å². The lowest BCUT2D eigenvalue weighted by atomic mass is 10.1. The van der Waals surface area contributed by atoms with Crippen LogP contribution in [0.1, 0.15) is 36.9 Å². The Morgan fingerprint density at radius 2 is 2.10 bits per heavy atom. The highest BCUT2D eigenvalue weighted by molar-refractivity contribution is 6.18. The molecule has 0 radical (unpaired) electrons. The molecule has 112 valence electrons. The molecule has 1 aromatic heterocycles. The molecule has 2 heterocycles. The Morgan fingerprint density at radius 3 is 2.95 bits per heavy atom. The number of rotatable bonds is 3. The molecule has 1 unspecified atom stereocenters. The Balaban J connectivity index is 1.92. The van der Waals surface area contributed by atoms with E-state index in [9.17, 15) is 0 Å². The van der Waals surface area contributed by atoms with Crippen molar-refractivity contribution in [2.75, 3.05) is 12.4 Å². The number of nitrogens with zero attached hydrogens (tertiary/aromatic N) is 2. The van der Waals surface area contributed by atoms with Crippen LogP contribution in [0.4, 0.5) is 0 Å². The number of likely N-dealkylation sites (tertiary alicyclic amines) is 1. The van der Waals surface area contributed by atoms with Crippen LogP contribution in [-0.4, -0.2) is 28.4 Å². The Hall–Kier alpha value is -1.12. The molecule has 1 saturated heterocycles. The highest BCUT2D eigenvalue weighted by Crippen LogP contribution is 2.24. The fourth-order valence-electron chi connectivity index (χ4n) is 3.36. The van der Waals surface area contributed by atoms with Crippen molar-refractivity contribution in [2.24, 2.45) is 0 Å². The Labute approximate surface area is 132 Å². The van der Waals surface area contributed by atoms with Gasteiger partial charge in [-0.05, 0) is 44.0 Å². The summed E-state index contributed by atoms with van der Waals surface area (Å²) >= 11 is 6.21. The van der Waals surface area contributed by atoms with E-state index in [-0.39, 0.29) is 0 Å². The first-order chi connectivity index (χ1) is 10.3. The van der Waals surface area contributed by atoms with Gasteiger partial charge >= 0.3 is 0 Å². The average molecular weight is 303 g/mol. The average Bonchev–Trinajstić information content (AvgIpc) is 2.72. The van der Waals surface area contributed by atoms with Gasteiger partial charge in [0.15, 0.2) is 0 Å². The summed E-state index contributed by atoms with van der Waals surface area (Å²) in [6, 6.07) is 11.2. The summed E-state index contributed by atoms with van der Waals surface area (Å²) in [6.45, 7) is 4.23. The van der Waals surface area contributed by atoms with Crippen LogP contribution in [0.15, 0.2) is 30.3 Å². The van der Waals surface area contributed by atoms with Crippen molar-refractivity contribution in [3.05, 3.63) is 41.6 Å². The van der Waals surface area contributed by atoms with Crippen LogP contribution in [-0.2, 0) is 6.54 Å². The summed E-state index contributed by atoms with van der Waals surface area (Å²) in [6.07, 6.45) is 5.16. The van der Waals surface area contributed by atoms with Crippen LogP contribution >= 0.6 is 11.6 Å². The third-order valence-electron chi connectivity index (χ3n) is 4.48. The number of hydrogen-bond acceptors (Lipinski definition) is 2. The molecule has 1 atom stereocenters. The molecule has 0 spiro atoms. The third kappa shape index (κ3) is 3.38. The van der Waals surface area contributed by atoms with Gasteiger partial charge in [-0.3, -0.25) is 9.88 Å². The molecule has 3 heteroatoms. The molecular formula is C18H23ClN2. The SMILES string of the molecule is Cc1cc(CN2CCCCCC2CCl)c2ccccc2n1. The van der Waals surface area contributed by atoms with Gasteiger partial charge in [-0.1, -0.05) is 31.0 Å². The first-order valence-corrected chi connectivity index (χ1v) is 8.46. The quantitative estimate of drug-likeness (QED) is 0.775. The molecule has 1 fully saturated rings. The lowest BCUT2D eigenvalue weighted by molar-refractivity contribution is 0.208. The number of halogens is 1. The van der Waals surface area contributed by atoms with Gasteiger partial charge in [-0.25, -0.2) is 0 Å². The number of pyridine rings is 1. The molecular weight excluding hydrogens is 280 g/mol. The van der Waals surface area contributed by atoms with Crippen molar-refractivity contribution < 1.29 is 0 Å². The molecule has 3 rings (SSSR count). The Kier molecular flexibility index (Phi) is 4.77. The topological polar surface area (TPSA) is 16.1 Å². The van der Waals surface area contributed by atoms with E-state index >= 15 is 0 Å². The molecule has 0 saturated carbocycles. The highest BCUT2D eigenvalue weighted by atomic mass is 35.5. The second-order valence-corrected chi connectivity index (χ2v) is 6.38. The van der Waals surface area contributed by atoms with Crippen molar-refractivity contribution in [1.82, 2.24) is 9.88 Å². The first-order valence-electron chi connectivity index (χ1n) is 7.93. The minimum absolute atomic E-state index is 0.515. The summed E-state index contributed by atoms with van der Waals surface area (Å²) in [7, 11) is 0. The molecule has 2 nitrogen and oxygen atoms in total. The van der Waals surface area contributed by atoms with E-state index in [1.807, 2.05) is 0 Å². The highest BCUT2D eigenvalue weighted by Gasteiger charge is 2.21. The summed E-state index contributed by atoms with van der Waals surface area (Å²) in [4.78, 5) is 7.21. The zero-order valence-corrected chi connectivity index (χ0v) is 13.4. The Bertz CT molecular complexity index is 611. The predicted molar refractivity (Wildman–Crippen MR) is 89.9 cm³/mol. The second-order valence-electron chi connectivity index (χ2n) is 6.07. The van der Waals surface area contributed by atoms with Gasteiger partial charge < -0.3 is 0 Å². The van der Waals surface area contributed by atoms with Crippen LogP contribution < -0.4 is 0 Å². The Morgan fingerprint density at radius 1 is 1.24 bits per heavy atom. The number of para-hydroxylation sites is 1. The van der Waals surface area contributed by atoms with Crippen LogP contribution in [0, 0.1) is 6.92 Å². The molecule has 2 aromatic rings. The number of benzene rings is 1. The normalized spacial score (nSPS) is 20.6. The minimum Gasteiger partial charge on any atom is -0.295 e. The van der Waals surface area contributed by atoms with Gasteiger partial charge in [0.2, 0.25) is 0 Å². The summed E-state index contributed by atoms with van der Waals surface area (Å²) in [5.74, 6) is 0.738. The maximum absolute atomic E-state index is 6.21. The molecule has 0 aliphatic carbocycles. The maximum Gasteiger partial charge on any atom is 0.0708 e. The van der Waals surface area contributed by atoms with Gasteiger partial charge in [-0.15, -0.1) is 11.6 Å². The summed E-state index contributed by atoms with van der Waals surface area (Å²) < 4.78 is 0. The zero-order valence-electron chi connectivity index (χ0n) is 12.7. The van der Waals surface area contributed by atoms with E-state index in [0.717, 1.165) is 30.2 Å². The molecule has 0 amide bonds. The molecule has 0 bridgehead atoms. The van der Waals surface area contributed by atoms with Gasteiger partial charge in [0, 0.05) is 29.5 Å². The second kappa shape index (κ2) is 6.76. The lowest BCUT2D eigenvalue weighted by Crippen LogP contribution is -2.35. The largest absolute Gasteiger partial charge is 0.295 e. The van der Waals surface area contributed by atoms with Crippen molar-refractivity contribution in [2.45, 2.75) is 45.2 Å². The lowest BCUT2D eigenvalue weighted by Gasteiger charge is -2.29. The number of hydrogen-bond donors (Lipinski definition) is 0. The van der Waals surface area contributed by atoms with E-state index in [0.29, 0.717) is 6.04 Å². The standard InChI is InChI=1S/C18H23ClN2/c1-14-11-15(17-8-4-5-9-18(17)20-14)13-21-10-6-2-3-7-16(21)12-19/h4-5,8-9,11,16H,2-3,6-7,10,12-13H2,1H3. The van der Waals surface area contributed by atoms with E-state index in [4.69, 9.17) is 11.6 Å². The number of aryl methyl sites for hydroxylation is 1. The fraction of sp³-hybridized carbons (Fsp3) is 0.500. The monoisotopic (exact) mass is 302 g/mol. The van der Waals surface area contributed by atoms with E-state index in [1.165, 1.54) is 36.6 Å². The predicted octanol–water partition coefficient (Wildman–Crippen LogP) is 4.53. The third-order valence-corrected chi connectivity index (χ3v) is 4.84. The van der Waals surface area contributed by atoms with Crippen LogP contribution in [0.5, 0.6) is 0 Å². The molecule has 1 aliphatic rings. The summed E-state index contributed by atoms with van der Waals surface area (Å²) in [5.41, 5.74) is 3.58.